The van der Waals surface area contributed by atoms with Gasteiger partial charge in [-0.3, -0.25) is 4.98 Å². The van der Waals surface area contributed by atoms with Crippen molar-refractivity contribution in [1.29, 1.82) is 0 Å². The monoisotopic (exact) mass is 274 g/mol. The number of aromatic nitrogens is 1. The van der Waals surface area contributed by atoms with E-state index in [1.807, 2.05) is 12.3 Å². The Morgan fingerprint density at radius 1 is 1.40 bits per heavy atom. The summed E-state index contributed by atoms with van der Waals surface area (Å²) < 4.78 is 6.17. The molecule has 3 nitrogen and oxygen atoms in total. The first kappa shape index (κ1) is 14.0. The van der Waals surface area contributed by atoms with Crippen molar-refractivity contribution in [2.75, 3.05) is 13.7 Å². The molecule has 3 heteroatoms. The third-order valence-electron chi connectivity index (χ3n) is 5.17. The second kappa shape index (κ2) is 5.82. The normalized spacial score (nSPS) is 26.8. The number of aryl methyl sites for hydroxylation is 1. The smallest absolute Gasteiger partial charge is 0.0686 e. The Labute approximate surface area is 122 Å². The van der Waals surface area contributed by atoms with Gasteiger partial charge in [0.2, 0.25) is 0 Å². The molecule has 0 amide bonds. The van der Waals surface area contributed by atoms with Crippen molar-refractivity contribution in [3.8, 4) is 0 Å². The highest BCUT2D eigenvalue weighted by Crippen LogP contribution is 2.45. The van der Waals surface area contributed by atoms with E-state index in [-0.39, 0.29) is 5.60 Å². The highest BCUT2D eigenvalue weighted by atomic mass is 16.5. The topological polar surface area (TPSA) is 34.2 Å². The maximum absolute atomic E-state index is 6.17. The molecular weight excluding hydrogens is 248 g/mol. The zero-order chi connectivity index (χ0) is 14.0. The first-order valence-corrected chi connectivity index (χ1v) is 7.97. The van der Waals surface area contributed by atoms with Crippen LogP contribution in [0.3, 0.4) is 0 Å². The van der Waals surface area contributed by atoms with Gasteiger partial charge in [0.15, 0.2) is 0 Å². The Hall–Kier alpha value is -0.930. The number of nitrogens with zero attached hydrogens (tertiary/aromatic N) is 1. The van der Waals surface area contributed by atoms with Crippen LogP contribution in [0.1, 0.15) is 55.8 Å². The summed E-state index contributed by atoms with van der Waals surface area (Å²) in [5, 5.41) is 3.52. The molecule has 3 rings (SSSR count). The van der Waals surface area contributed by atoms with Crippen LogP contribution in [0, 0.1) is 12.8 Å². The summed E-state index contributed by atoms with van der Waals surface area (Å²) in [6.45, 7) is 3.08. The molecule has 1 N–H and O–H groups in total. The van der Waals surface area contributed by atoms with Gasteiger partial charge in [-0.1, -0.05) is 18.9 Å². The number of rotatable bonds is 3. The molecule has 2 heterocycles. The van der Waals surface area contributed by atoms with Crippen LogP contribution < -0.4 is 5.32 Å². The van der Waals surface area contributed by atoms with Crippen LogP contribution in [0.15, 0.2) is 18.3 Å². The largest absolute Gasteiger partial charge is 0.375 e. The quantitative estimate of drug-likeness (QED) is 0.917. The standard InChI is InChI=1S/C17H26N2O/c1-13-6-5-10-19-15(13)16(18-2)14-7-11-20-17(12-14)8-3-4-9-17/h5-6,10,14,16,18H,3-4,7-9,11-12H2,1-2H3. The van der Waals surface area contributed by atoms with E-state index in [2.05, 4.69) is 30.3 Å². The minimum atomic E-state index is 0.181. The first-order chi connectivity index (χ1) is 9.74. The van der Waals surface area contributed by atoms with Crippen molar-refractivity contribution < 1.29 is 4.74 Å². The molecule has 0 bridgehead atoms. The highest BCUT2D eigenvalue weighted by molar-refractivity contribution is 5.22. The lowest BCUT2D eigenvalue weighted by molar-refractivity contribution is -0.0981. The van der Waals surface area contributed by atoms with Gasteiger partial charge in [0.05, 0.1) is 17.3 Å². The molecule has 0 radical (unpaired) electrons. The molecule has 1 saturated carbocycles. The second-order valence-electron chi connectivity index (χ2n) is 6.46. The van der Waals surface area contributed by atoms with Crippen molar-refractivity contribution in [2.24, 2.45) is 5.92 Å². The summed E-state index contributed by atoms with van der Waals surface area (Å²) in [6, 6.07) is 4.54. The number of pyridine rings is 1. The minimum Gasteiger partial charge on any atom is -0.375 e. The van der Waals surface area contributed by atoms with Gasteiger partial charge >= 0.3 is 0 Å². The summed E-state index contributed by atoms with van der Waals surface area (Å²) in [4.78, 5) is 4.64. The fourth-order valence-corrected chi connectivity index (χ4v) is 4.14. The molecule has 1 aromatic rings. The Kier molecular flexibility index (Phi) is 4.08. The minimum absolute atomic E-state index is 0.181. The van der Waals surface area contributed by atoms with Crippen molar-refractivity contribution in [3.63, 3.8) is 0 Å². The van der Waals surface area contributed by atoms with Gasteiger partial charge in [-0.05, 0) is 57.2 Å². The van der Waals surface area contributed by atoms with Crippen LogP contribution >= 0.6 is 0 Å². The van der Waals surface area contributed by atoms with Crippen LogP contribution in [0.4, 0.5) is 0 Å². The van der Waals surface area contributed by atoms with Crippen molar-refractivity contribution >= 4 is 0 Å². The molecule has 1 aliphatic heterocycles. The molecule has 110 valence electrons. The number of nitrogens with one attached hydrogen (secondary N) is 1. The zero-order valence-corrected chi connectivity index (χ0v) is 12.7. The lowest BCUT2D eigenvalue weighted by Crippen LogP contribution is -2.41. The lowest BCUT2D eigenvalue weighted by Gasteiger charge is -2.41. The molecular formula is C17H26N2O. The van der Waals surface area contributed by atoms with Crippen LogP contribution in [-0.2, 0) is 4.74 Å². The van der Waals surface area contributed by atoms with Crippen LogP contribution in [0.2, 0.25) is 0 Å². The van der Waals surface area contributed by atoms with Gasteiger partial charge in [-0.25, -0.2) is 0 Å². The average Bonchev–Trinajstić information content (AvgIpc) is 2.90. The maximum Gasteiger partial charge on any atom is 0.0686 e. The van der Waals surface area contributed by atoms with E-state index in [1.54, 1.807) is 0 Å². The molecule has 20 heavy (non-hydrogen) atoms. The van der Waals surface area contributed by atoms with E-state index in [0.29, 0.717) is 12.0 Å². The average molecular weight is 274 g/mol. The summed E-state index contributed by atoms with van der Waals surface area (Å²) in [5.74, 6) is 0.639. The van der Waals surface area contributed by atoms with E-state index < -0.39 is 0 Å². The van der Waals surface area contributed by atoms with E-state index in [4.69, 9.17) is 4.74 Å². The van der Waals surface area contributed by atoms with Crippen LogP contribution in [-0.4, -0.2) is 24.2 Å². The van der Waals surface area contributed by atoms with Gasteiger partial charge in [0, 0.05) is 12.8 Å². The summed E-state index contributed by atoms with van der Waals surface area (Å²) in [7, 11) is 2.07. The SMILES string of the molecule is CNC(c1ncccc1C)C1CCOC2(CCCC2)C1. The molecule has 2 aliphatic rings. The van der Waals surface area contributed by atoms with Crippen LogP contribution in [0.25, 0.3) is 0 Å². The van der Waals surface area contributed by atoms with Gasteiger partial charge < -0.3 is 10.1 Å². The van der Waals surface area contributed by atoms with E-state index >= 15 is 0 Å². The third kappa shape index (κ3) is 2.61. The Morgan fingerprint density at radius 3 is 2.90 bits per heavy atom. The van der Waals surface area contributed by atoms with Gasteiger partial charge in [-0.15, -0.1) is 0 Å². The Morgan fingerprint density at radius 2 is 2.20 bits per heavy atom. The fourth-order valence-electron chi connectivity index (χ4n) is 4.14. The predicted octanol–water partition coefficient (Wildman–Crippen LogP) is 3.39. The molecule has 2 atom stereocenters. The van der Waals surface area contributed by atoms with Crippen molar-refractivity contribution in [2.45, 2.75) is 57.1 Å². The van der Waals surface area contributed by atoms with E-state index in [9.17, 15) is 0 Å². The van der Waals surface area contributed by atoms with Gasteiger partial charge in [-0.2, -0.15) is 0 Å². The maximum atomic E-state index is 6.17. The lowest BCUT2D eigenvalue weighted by atomic mass is 9.79. The van der Waals surface area contributed by atoms with Crippen molar-refractivity contribution in [3.05, 3.63) is 29.6 Å². The molecule has 1 saturated heterocycles. The fraction of sp³-hybridized carbons (Fsp3) is 0.706. The molecule has 1 aromatic heterocycles. The molecule has 2 unspecified atom stereocenters. The number of ether oxygens (including phenoxy) is 1. The number of hydrogen-bond acceptors (Lipinski definition) is 3. The Bertz CT molecular complexity index is 454. The number of hydrogen-bond donors (Lipinski definition) is 1. The van der Waals surface area contributed by atoms with E-state index in [0.717, 1.165) is 13.0 Å². The molecule has 2 fully saturated rings. The van der Waals surface area contributed by atoms with Gasteiger partial charge in [0.25, 0.3) is 0 Å². The Balaban J connectivity index is 1.81. The zero-order valence-electron chi connectivity index (χ0n) is 12.7. The first-order valence-electron chi connectivity index (χ1n) is 7.97. The molecule has 0 aromatic carbocycles. The van der Waals surface area contributed by atoms with E-state index in [1.165, 1.54) is 43.4 Å². The van der Waals surface area contributed by atoms with Crippen LogP contribution in [0.5, 0.6) is 0 Å². The third-order valence-corrected chi connectivity index (χ3v) is 5.17. The summed E-state index contributed by atoms with van der Waals surface area (Å²) in [6.07, 6.45) is 9.41. The second-order valence-corrected chi connectivity index (χ2v) is 6.46. The van der Waals surface area contributed by atoms with Crippen molar-refractivity contribution in [1.82, 2.24) is 10.3 Å². The summed E-state index contributed by atoms with van der Waals surface area (Å²) >= 11 is 0. The summed E-state index contributed by atoms with van der Waals surface area (Å²) in [5.41, 5.74) is 2.69. The molecule has 1 spiro atoms. The predicted molar refractivity (Wildman–Crippen MR) is 80.6 cm³/mol. The molecule has 1 aliphatic carbocycles. The highest BCUT2D eigenvalue weighted by Gasteiger charge is 2.42. The van der Waals surface area contributed by atoms with Gasteiger partial charge in [0.1, 0.15) is 0 Å².